The normalized spacial score (nSPS) is 20.1. The van der Waals surface area contributed by atoms with Gasteiger partial charge in [-0.3, -0.25) is 4.79 Å². The Morgan fingerprint density at radius 1 is 1.24 bits per heavy atom. The Balaban J connectivity index is 1.89. The highest BCUT2D eigenvalue weighted by atomic mass is 32.2. The van der Waals surface area contributed by atoms with Gasteiger partial charge in [0.25, 0.3) is 0 Å². The second kappa shape index (κ2) is 7.44. The summed E-state index contributed by atoms with van der Waals surface area (Å²) in [7, 11) is 0. The van der Waals surface area contributed by atoms with Gasteiger partial charge in [0.05, 0.1) is 0 Å². The number of anilines is 2. The van der Waals surface area contributed by atoms with Crippen molar-refractivity contribution in [2.45, 2.75) is 51.1 Å². The topological polar surface area (TPSA) is 80.9 Å². The number of rotatable bonds is 4. The summed E-state index contributed by atoms with van der Waals surface area (Å²) in [5.74, 6) is 1.29. The van der Waals surface area contributed by atoms with Crippen LogP contribution < -0.4 is 11.1 Å². The van der Waals surface area contributed by atoms with Crippen molar-refractivity contribution in [3.8, 4) is 0 Å². The maximum atomic E-state index is 13.6. The first-order valence-corrected chi connectivity index (χ1v) is 10.9. The van der Waals surface area contributed by atoms with Gasteiger partial charge in [-0.15, -0.1) is 0 Å². The predicted octanol–water partition coefficient (Wildman–Crippen LogP) is 4.90. The van der Waals surface area contributed by atoms with Crippen LogP contribution in [0.5, 0.6) is 0 Å². The van der Waals surface area contributed by atoms with E-state index in [1.165, 1.54) is 12.1 Å². The van der Waals surface area contributed by atoms with Crippen LogP contribution in [-0.2, 0) is 4.79 Å². The van der Waals surface area contributed by atoms with Gasteiger partial charge in [0, 0.05) is 34.9 Å². The molecule has 0 bridgehead atoms. The molecule has 29 heavy (non-hydrogen) atoms. The molecule has 4 rings (SSSR count). The van der Waals surface area contributed by atoms with Gasteiger partial charge >= 0.3 is 0 Å². The summed E-state index contributed by atoms with van der Waals surface area (Å²) in [6, 6.07) is 6.26. The zero-order valence-corrected chi connectivity index (χ0v) is 17.7. The number of nitrogens with two attached hydrogens (primary N) is 1. The number of nitrogens with zero attached hydrogens (tertiary/aromatic N) is 2. The Bertz CT molecular complexity index is 1000. The largest absolute Gasteiger partial charge is 0.383 e. The maximum Gasteiger partial charge on any atom is 0.191 e. The van der Waals surface area contributed by atoms with Crippen LogP contribution in [0.15, 0.2) is 40.7 Å². The first-order valence-electron chi connectivity index (χ1n) is 9.88. The molecule has 1 aliphatic heterocycles. The highest BCUT2D eigenvalue weighted by molar-refractivity contribution is 7.99. The molecular weight excluding hydrogens is 387 g/mol. The summed E-state index contributed by atoms with van der Waals surface area (Å²) < 4.78 is 13.6. The third kappa shape index (κ3) is 3.75. The van der Waals surface area contributed by atoms with Gasteiger partial charge in [0.15, 0.2) is 10.9 Å². The Labute approximate surface area is 174 Å². The Morgan fingerprint density at radius 3 is 2.66 bits per heavy atom. The van der Waals surface area contributed by atoms with Crippen LogP contribution in [0.2, 0.25) is 0 Å². The molecule has 2 aliphatic rings. The van der Waals surface area contributed by atoms with Gasteiger partial charge in [-0.1, -0.05) is 44.7 Å². The standard InChI is InChI=1S/C22H25FN4OS/c1-4-9-29-21-26-19(24)18-16(12-5-7-13(23)8-6-12)17-14(25-20(18)27-21)10-22(2,3)11-15(17)28/h5-8,16H,4,9-11H2,1-3H3,(H3,24,25,26,27)/t16-/m0/s1. The Hall–Kier alpha value is -2.41. The number of thioether (sulfide) groups is 1. The van der Waals surface area contributed by atoms with E-state index < -0.39 is 5.92 Å². The molecule has 152 valence electrons. The lowest BCUT2D eigenvalue weighted by molar-refractivity contribution is -0.118. The molecule has 0 unspecified atom stereocenters. The van der Waals surface area contributed by atoms with Crippen molar-refractivity contribution in [1.82, 2.24) is 9.97 Å². The molecule has 0 saturated carbocycles. The molecule has 1 aliphatic carbocycles. The van der Waals surface area contributed by atoms with E-state index in [9.17, 15) is 9.18 Å². The number of benzene rings is 1. The predicted molar refractivity (Wildman–Crippen MR) is 114 cm³/mol. The number of carbonyl (C=O) groups is 1. The number of carbonyl (C=O) groups excluding carboxylic acids is 1. The lowest BCUT2D eigenvalue weighted by Crippen LogP contribution is -2.34. The first-order chi connectivity index (χ1) is 13.8. The number of fused-ring (bicyclic) bond motifs is 1. The molecule has 0 fully saturated rings. The van der Waals surface area contributed by atoms with Crippen LogP contribution in [0.1, 0.15) is 57.1 Å². The highest BCUT2D eigenvalue weighted by Crippen LogP contribution is 2.50. The molecule has 2 heterocycles. The fourth-order valence-corrected chi connectivity index (χ4v) is 4.87. The molecular formula is C22H25FN4OS. The Kier molecular flexibility index (Phi) is 5.11. The molecule has 5 nitrogen and oxygen atoms in total. The monoisotopic (exact) mass is 412 g/mol. The van der Waals surface area contributed by atoms with E-state index in [4.69, 9.17) is 10.7 Å². The number of halogens is 1. The van der Waals surface area contributed by atoms with Crippen LogP contribution in [0.3, 0.4) is 0 Å². The van der Waals surface area contributed by atoms with Crippen LogP contribution in [0, 0.1) is 11.2 Å². The number of aromatic nitrogens is 2. The highest BCUT2D eigenvalue weighted by Gasteiger charge is 2.42. The van der Waals surface area contributed by atoms with E-state index in [0.717, 1.165) is 29.9 Å². The summed E-state index contributed by atoms with van der Waals surface area (Å²) in [5.41, 5.74) is 9.35. The summed E-state index contributed by atoms with van der Waals surface area (Å²) >= 11 is 1.56. The number of hydrogen-bond donors (Lipinski definition) is 2. The lowest BCUT2D eigenvalue weighted by atomic mass is 9.69. The van der Waals surface area contributed by atoms with E-state index in [1.807, 2.05) is 0 Å². The third-order valence-corrected chi connectivity index (χ3v) is 6.41. The minimum Gasteiger partial charge on any atom is -0.383 e. The number of nitrogens with one attached hydrogen (secondary N) is 1. The van der Waals surface area contributed by atoms with Crippen LogP contribution in [0.25, 0.3) is 0 Å². The zero-order chi connectivity index (χ0) is 20.8. The summed E-state index contributed by atoms with van der Waals surface area (Å²) in [6.45, 7) is 6.29. The van der Waals surface area contributed by atoms with Crippen LogP contribution in [0.4, 0.5) is 16.0 Å². The molecule has 7 heteroatoms. The number of allylic oxidation sites excluding steroid dienone is 2. The minimum absolute atomic E-state index is 0.0903. The SMILES string of the molecule is CCCSc1nc(N)c2c(n1)NC1=C(C(=O)CC(C)(C)C1)[C@@H]2c1ccc(F)cc1. The number of Topliss-reactive ketones (excluding diaryl/α,β-unsaturated/α-hetero) is 1. The molecule has 3 N–H and O–H groups in total. The number of nitrogen functional groups attached to an aromatic ring is 1. The van der Waals surface area contributed by atoms with Crippen molar-refractivity contribution >= 4 is 29.2 Å². The molecule has 1 atom stereocenters. The van der Waals surface area contributed by atoms with Crippen molar-refractivity contribution in [3.05, 3.63) is 52.5 Å². The summed E-state index contributed by atoms with van der Waals surface area (Å²) in [5, 5.41) is 4.02. The fraction of sp³-hybridized carbons (Fsp3) is 0.409. The summed E-state index contributed by atoms with van der Waals surface area (Å²) in [4.78, 5) is 22.4. The molecule has 0 radical (unpaired) electrons. The average molecular weight is 413 g/mol. The molecule has 0 spiro atoms. The van der Waals surface area contributed by atoms with Gasteiger partial charge in [0.2, 0.25) is 0 Å². The van der Waals surface area contributed by atoms with Crippen molar-refractivity contribution in [2.24, 2.45) is 5.41 Å². The van der Waals surface area contributed by atoms with Crippen molar-refractivity contribution in [1.29, 1.82) is 0 Å². The number of ketones is 1. The summed E-state index contributed by atoms with van der Waals surface area (Å²) in [6.07, 6.45) is 2.22. The van der Waals surface area contributed by atoms with Gasteiger partial charge < -0.3 is 11.1 Å². The van der Waals surface area contributed by atoms with Crippen molar-refractivity contribution < 1.29 is 9.18 Å². The zero-order valence-electron chi connectivity index (χ0n) is 16.9. The fourth-order valence-electron chi connectivity index (χ4n) is 4.16. The van der Waals surface area contributed by atoms with Crippen LogP contribution >= 0.6 is 11.8 Å². The third-order valence-electron chi connectivity index (χ3n) is 5.36. The van der Waals surface area contributed by atoms with Gasteiger partial charge in [-0.2, -0.15) is 0 Å². The quantitative estimate of drug-likeness (QED) is 0.549. The molecule has 0 amide bonds. The minimum atomic E-state index is -0.393. The lowest BCUT2D eigenvalue weighted by Gasteiger charge is -2.39. The van der Waals surface area contributed by atoms with Gasteiger partial charge in [0.1, 0.15) is 17.5 Å². The van der Waals surface area contributed by atoms with Gasteiger partial charge in [-0.05, 0) is 36.0 Å². The van der Waals surface area contributed by atoms with E-state index >= 15 is 0 Å². The average Bonchev–Trinajstić information content (AvgIpc) is 2.64. The smallest absolute Gasteiger partial charge is 0.191 e. The van der Waals surface area contributed by atoms with Crippen LogP contribution in [-0.4, -0.2) is 21.5 Å². The van der Waals surface area contributed by atoms with E-state index in [1.54, 1.807) is 23.9 Å². The Morgan fingerprint density at radius 2 is 1.97 bits per heavy atom. The second-order valence-electron chi connectivity index (χ2n) is 8.44. The van der Waals surface area contributed by atoms with Gasteiger partial charge in [-0.25, -0.2) is 14.4 Å². The van der Waals surface area contributed by atoms with E-state index in [2.05, 4.69) is 31.1 Å². The maximum absolute atomic E-state index is 13.6. The van der Waals surface area contributed by atoms with E-state index in [0.29, 0.717) is 34.3 Å². The van der Waals surface area contributed by atoms with E-state index in [-0.39, 0.29) is 17.0 Å². The molecule has 1 aromatic heterocycles. The molecule has 2 aromatic rings. The van der Waals surface area contributed by atoms with Crippen molar-refractivity contribution in [2.75, 3.05) is 16.8 Å². The molecule has 1 aromatic carbocycles. The second-order valence-corrected chi connectivity index (χ2v) is 9.51. The first kappa shape index (κ1) is 19.9. The molecule has 0 saturated heterocycles. The number of hydrogen-bond acceptors (Lipinski definition) is 6. The van der Waals surface area contributed by atoms with Crippen molar-refractivity contribution in [3.63, 3.8) is 0 Å².